The first-order valence-corrected chi connectivity index (χ1v) is 9.54. The number of hydrogen-bond acceptors (Lipinski definition) is 0. The van der Waals surface area contributed by atoms with Gasteiger partial charge in [-0.25, -0.2) is 0 Å². The van der Waals surface area contributed by atoms with Gasteiger partial charge in [-0.15, -0.1) is 0 Å². The third kappa shape index (κ3) is 4.55. The standard InChI is InChI=1S/C14H10.C14H12/c1-2-6-12-10-14-8-4-3-7-13(14)9-11(12)5-1;1-3-7-13(8-4-1)11-12-14-9-5-2-6-10-14/h1-10H;1-12H/b;12-11+. The minimum Gasteiger partial charge on any atom is -0.0622 e. The van der Waals surface area contributed by atoms with Crippen LogP contribution in [0.2, 0.25) is 0 Å². The van der Waals surface area contributed by atoms with Crippen LogP contribution < -0.4 is 0 Å². The van der Waals surface area contributed by atoms with E-state index in [-0.39, 0.29) is 0 Å². The summed E-state index contributed by atoms with van der Waals surface area (Å²) in [5.41, 5.74) is 2.47. The van der Waals surface area contributed by atoms with Gasteiger partial charge in [0.2, 0.25) is 0 Å². The van der Waals surface area contributed by atoms with Crippen molar-refractivity contribution in [1.29, 1.82) is 0 Å². The Hall–Kier alpha value is -3.64. The van der Waals surface area contributed by atoms with Crippen LogP contribution >= 0.6 is 0 Å². The molecule has 0 unspecified atom stereocenters. The fraction of sp³-hybridized carbons (Fsp3) is 0. The molecule has 0 aliphatic rings. The second-order valence-electron chi connectivity index (χ2n) is 6.70. The lowest BCUT2D eigenvalue weighted by Gasteiger charge is -2.00. The maximum atomic E-state index is 2.24. The molecule has 28 heavy (non-hydrogen) atoms. The molecule has 0 spiro atoms. The molecule has 0 bridgehead atoms. The summed E-state index contributed by atoms with van der Waals surface area (Å²) < 4.78 is 0. The van der Waals surface area contributed by atoms with Crippen molar-refractivity contribution >= 4 is 33.7 Å². The monoisotopic (exact) mass is 358 g/mol. The largest absolute Gasteiger partial charge is 0.0622 e. The third-order valence-electron chi connectivity index (χ3n) is 4.68. The molecular weight excluding hydrogens is 336 g/mol. The first-order valence-electron chi connectivity index (χ1n) is 9.54. The summed E-state index contributed by atoms with van der Waals surface area (Å²) in [6.07, 6.45) is 4.24. The van der Waals surface area contributed by atoms with Crippen LogP contribution in [0.5, 0.6) is 0 Å². The Balaban J connectivity index is 0.000000137. The maximum absolute atomic E-state index is 2.24. The average molecular weight is 358 g/mol. The van der Waals surface area contributed by atoms with Crippen LogP contribution in [0.3, 0.4) is 0 Å². The van der Waals surface area contributed by atoms with Crippen molar-refractivity contribution in [2.45, 2.75) is 0 Å². The van der Waals surface area contributed by atoms with Crippen molar-refractivity contribution in [1.82, 2.24) is 0 Å². The van der Waals surface area contributed by atoms with Crippen LogP contribution in [0.1, 0.15) is 11.1 Å². The van der Waals surface area contributed by atoms with Gasteiger partial charge in [0.05, 0.1) is 0 Å². The molecule has 0 amide bonds. The molecule has 0 nitrogen and oxygen atoms in total. The summed E-state index contributed by atoms with van der Waals surface area (Å²) >= 11 is 0. The van der Waals surface area contributed by atoms with Crippen molar-refractivity contribution in [3.63, 3.8) is 0 Å². The molecule has 0 heteroatoms. The second kappa shape index (κ2) is 8.83. The Morgan fingerprint density at radius 3 is 0.929 bits per heavy atom. The topological polar surface area (TPSA) is 0 Å². The van der Waals surface area contributed by atoms with Crippen molar-refractivity contribution in [2.24, 2.45) is 0 Å². The molecule has 0 aromatic heterocycles. The first-order chi connectivity index (χ1) is 13.9. The fourth-order valence-electron chi connectivity index (χ4n) is 3.20. The maximum Gasteiger partial charge on any atom is -0.0178 e. The smallest absolute Gasteiger partial charge is 0.0178 e. The third-order valence-corrected chi connectivity index (χ3v) is 4.68. The summed E-state index contributed by atoms with van der Waals surface area (Å²) in [5, 5.41) is 5.25. The Kier molecular flexibility index (Phi) is 5.60. The number of rotatable bonds is 2. The Morgan fingerprint density at radius 1 is 0.321 bits per heavy atom. The van der Waals surface area contributed by atoms with Gasteiger partial charge in [0.1, 0.15) is 0 Å². The molecule has 0 aliphatic heterocycles. The summed E-state index contributed by atoms with van der Waals surface area (Å²) in [4.78, 5) is 0. The Morgan fingerprint density at radius 2 is 0.607 bits per heavy atom. The van der Waals surface area contributed by atoms with Crippen molar-refractivity contribution in [2.75, 3.05) is 0 Å². The first kappa shape index (κ1) is 17.8. The van der Waals surface area contributed by atoms with Crippen LogP contribution in [0.4, 0.5) is 0 Å². The van der Waals surface area contributed by atoms with Gasteiger partial charge in [0.15, 0.2) is 0 Å². The zero-order valence-corrected chi connectivity index (χ0v) is 15.7. The van der Waals surface area contributed by atoms with Crippen LogP contribution in [0, 0.1) is 0 Å². The van der Waals surface area contributed by atoms with Crippen LogP contribution in [0.15, 0.2) is 121 Å². The fourth-order valence-corrected chi connectivity index (χ4v) is 3.20. The second-order valence-corrected chi connectivity index (χ2v) is 6.70. The number of benzene rings is 5. The number of hydrogen-bond donors (Lipinski definition) is 0. The van der Waals surface area contributed by atoms with Crippen molar-refractivity contribution < 1.29 is 0 Å². The van der Waals surface area contributed by atoms with Gasteiger partial charge in [-0.2, -0.15) is 0 Å². The predicted octanol–water partition coefficient (Wildman–Crippen LogP) is 7.85. The normalized spacial score (nSPS) is 10.7. The van der Waals surface area contributed by atoms with Gasteiger partial charge >= 0.3 is 0 Å². The molecule has 0 radical (unpaired) electrons. The Labute approximate surface area is 166 Å². The van der Waals surface area contributed by atoms with E-state index in [1.807, 2.05) is 36.4 Å². The zero-order valence-electron chi connectivity index (χ0n) is 15.7. The van der Waals surface area contributed by atoms with Crippen LogP contribution in [0.25, 0.3) is 33.7 Å². The molecule has 5 rings (SSSR count). The van der Waals surface area contributed by atoms with Crippen molar-refractivity contribution in [3.05, 3.63) is 132 Å². The quantitative estimate of drug-likeness (QED) is 0.223. The van der Waals surface area contributed by atoms with Gasteiger partial charge in [-0.1, -0.05) is 121 Å². The minimum atomic E-state index is 1.23. The molecule has 5 aromatic carbocycles. The molecule has 0 heterocycles. The SMILES string of the molecule is C(=C\c1ccccc1)/c1ccccc1.c1ccc2cc3ccccc3cc2c1. The molecule has 5 aromatic rings. The highest BCUT2D eigenvalue weighted by Crippen LogP contribution is 2.22. The van der Waals surface area contributed by atoms with Gasteiger partial charge in [-0.3, -0.25) is 0 Å². The highest BCUT2D eigenvalue weighted by atomic mass is 14.0. The number of fused-ring (bicyclic) bond motifs is 2. The van der Waals surface area contributed by atoms with E-state index in [0.29, 0.717) is 0 Å². The van der Waals surface area contributed by atoms with E-state index in [0.717, 1.165) is 0 Å². The van der Waals surface area contributed by atoms with Gasteiger partial charge < -0.3 is 0 Å². The molecule has 0 atom stereocenters. The predicted molar refractivity (Wildman–Crippen MR) is 123 cm³/mol. The molecular formula is C28H22. The van der Waals surface area contributed by atoms with E-state index in [4.69, 9.17) is 0 Å². The lowest BCUT2D eigenvalue weighted by Crippen LogP contribution is -1.74. The van der Waals surface area contributed by atoms with Crippen LogP contribution in [-0.2, 0) is 0 Å². The summed E-state index contributed by atoms with van der Waals surface area (Å²) in [5.74, 6) is 0. The molecule has 0 saturated carbocycles. The van der Waals surface area contributed by atoms with Crippen molar-refractivity contribution in [3.8, 4) is 0 Å². The molecule has 0 saturated heterocycles. The van der Waals surface area contributed by atoms with E-state index in [2.05, 4.69) is 97.1 Å². The van der Waals surface area contributed by atoms with Gasteiger partial charge in [0.25, 0.3) is 0 Å². The molecule has 0 fully saturated rings. The summed E-state index contributed by atoms with van der Waals surface area (Å²) in [6.45, 7) is 0. The summed E-state index contributed by atoms with van der Waals surface area (Å²) in [6, 6.07) is 42.0. The highest BCUT2D eigenvalue weighted by Gasteiger charge is 1.95. The van der Waals surface area contributed by atoms with E-state index >= 15 is 0 Å². The summed E-state index contributed by atoms with van der Waals surface area (Å²) in [7, 11) is 0. The molecule has 134 valence electrons. The zero-order chi connectivity index (χ0) is 19.0. The highest BCUT2D eigenvalue weighted by molar-refractivity contribution is 5.98. The van der Waals surface area contributed by atoms with E-state index < -0.39 is 0 Å². The Bertz CT molecular complexity index is 1040. The van der Waals surface area contributed by atoms with E-state index in [9.17, 15) is 0 Å². The lowest BCUT2D eigenvalue weighted by atomic mass is 10.0. The van der Waals surface area contributed by atoms with Crippen LogP contribution in [-0.4, -0.2) is 0 Å². The van der Waals surface area contributed by atoms with E-state index in [1.165, 1.54) is 32.7 Å². The molecule has 0 aliphatic carbocycles. The lowest BCUT2D eigenvalue weighted by molar-refractivity contribution is 1.65. The average Bonchev–Trinajstić information content (AvgIpc) is 2.78. The molecule has 0 N–H and O–H groups in total. The van der Waals surface area contributed by atoms with E-state index in [1.54, 1.807) is 0 Å². The van der Waals surface area contributed by atoms with Gasteiger partial charge in [-0.05, 0) is 44.8 Å². The van der Waals surface area contributed by atoms with Gasteiger partial charge in [0, 0.05) is 0 Å². The minimum absolute atomic E-state index is 1.23.